The van der Waals surface area contributed by atoms with E-state index in [2.05, 4.69) is 9.71 Å². The first-order valence-electron chi connectivity index (χ1n) is 6.34. The van der Waals surface area contributed by atoms with Gasteiger partial charge in [-0.15, -0.1) is 0 Å². The summed E-state index contributed by atoms with van der Waals surface area (Å²) in [5, 5.41) is 9.39. The summed E-state index contributed by atoms with van der Waals surface area (Å²) >= 11 is 0. The van der Waals surface area contributed by atoms with Gasteiger partial charge >= 0.3 is 0 Å². The van der Waals surface area contributed by atoms with Crippen molar-refractivity contribution in [3.05, 3.63) is 28.7 Å². The van der Waals surface area contributed by atoms with Gasteiger partial charge in [0.25, 0.3) is 0 Å². The van der Waals surface area contributed by atoms with Gasteiger partial charge in [-0.3, -0.25) is 4.79 Å². The summed E-state index contributed by atoms with van der Waals surface area (Å²) in [6, 6.07) is 1.19. The molecule has 1 fully saturated rings. The van der Waals surface area contributed by atoms with Crippen LogP contribution in [-0.4, -0.2) is 31.2 Å². The van der Waals surface area contributed by atoms with E-state index in [0.717, 1.165) is 12.8 Å². The van der Waals surface area contributed by atoms with Gasteiger partial charge in [0.1, 0.15) is 4.90 Å². The zero-order chi connectivity index (χ0) is 13.9. The normalized spacial score (nSPS) is 24.3. The topological polar surface area (TPSA) is 99.3 Å². The van der Waals surface area contributed by atoms with Crippen molar-refractivity contribution in [2.45, 2.75) is 36.7 Å². The van der Waals surface area contributed by atoms with E-state index in [1.54, 1.807) is 0 Å². The maximum absolute atomic E-state index is 12.0. The van der Waals surface area contributed by atoms with Crippen LogP contribution in [0.15, 0.2) is 28.2 Å². The largest absolute Gasteiger partial charge is 0.393 e. The van der Waals surface area contributed by atoms with Crippen molar-refractivity contribution in [1.82, 2.24) is 9.71 Å². The summed E-state index contributed by atoms with van der Waals surface area (Å²) in [6.45, 7) is 0.309. The Morgan fingerprint density at radius 2 is 2.00 bits per heavy atom. The molecule has 1 aliphatic rings. The first kappa shape index (κ1) is 14.2. The summed E-state index contributed by atoms with van der Waals surface area (Å²) in [5.74, 6) is 0.223. The lowest BCUT2D eigenvalue weighted by atomic mass is 9.88. The van der Waals surface area contributed by atoms with E-state index in [4.69, 9.17) is 0 Å². The van der Waals surface area contributed by atoms with Crippen LogP contribution < -0.4 is 10.2 Å². The van der Waals surface area contributed by atoms with Gasteiger partial charge in [0.15, 0.2) is 0 Å². The molecular formula is C12H18N2O4S. The Morgan fingerprint density at radius 3 is 2.63 bits per heavy atom. The molecule has 0 spiro atoms. The van der Waals surface area contributed by atoms with Crippen LogP contribution in [0.25, 0.3) is 0 Å². The van der Waals surface area contributed by atoms with Crippen molar-refractivity contribution in [1.29, 1.82) is 0 Å². The SMILES string of the molecule is O=c1cc[nH]cc1S(=O)(=O)NCC1CCC(O)CC1. The van der Waals surface area contributed by atoms with Gasteiger partial charge in [-0.05, 0) is 31.6 Å². The number of aromatic nitrogens is 1. The van der Waals surface area contributed by atoms with E-state index in [9.17, 15) is 18.3 Å². The van der Waals surface area contributed by atoms with Crippen molar-refractivity contribution < 1.29 is 13.5 Å². The molecule has 0 unspecified atom stereocenters. The average molecular weight is 286 g/mol. The molecule has 2 rings (SSSR count). The molecule has 1 aliphatic carbocycles. The van der Waals surface area contributed by atoms with Gasteiger partial charge in [0, 0.05) is 25.0 Å². The Kier molecular flexibility index (Phi) is 4.38. The molecule has 7 heteroatoms. The molecule has 0 amide bonds. The minimum Gasteiger partial charge on any atom is -0.393 e. The summed E-state index contributed by atoms with van der Waals surface area (Å²) in [4.78, 5) is 13.8. The number of sulfonamides is 1. The Bertz CT molecular complexity index is 573. The fourth-order valence-electron chi connectivity index (χ4n) is 2.27. The molecule has 3 N–H and O–H groups in total. The third-order valence-electron chi connectivity index (χ3n) is 3.46. The number of hydrogen-bond acceptors (Lipinski definition) is 4. The van der Waals surface area contributed by atoms with Crippen molar-refractivity contribution in [2.24, 2.45) is 5.92 Å². The van der Waals surface area contributed by atoms with Gasteiger partial charge in [0.05, 0.1) is 6.10 Å². The van der Waals surface area contributed by atoms with E-state index in [1.165, 1.54) is 18.5 Å². The van der Waals surface area contributed by atoms with Gasteiger partial charge in [-0.25, -0.2) is 13.1 Å². The molecule has 0 atom stereocenters. The van der Waals surface area contributed by atoms with Crippen LogP contribution in [-0.2, 0) is 10.0 Å². The maximum Gasteiger partial charge on any atom is 0.245 e. The molecule has 1 heterocycles. The number of aromatic amines is 1. The second-order valence-corrected chi connectivity index (χ2v) is 6.63. The van der Waals surface area contributed by atoms with E-state index < -0.39 is 15.5 Å². The van der Waals surface area contributed by atoms with Crippen LogP contribution >= 0.6 is 0 Å². The molecule has 0 bridgehead atoms. The fraction of sp³-hybridized carbons (Fsp3) is 0.583. The molecular weight excluding hydrogens is 268 g/mol. The Morgan fingerprint density at radius 1 is 1.32 bits per heavy atom. The summed E-state index contributed by atoms with van der Waals surface area (Å²) in [5.41, 5.74) is -0.523. The molecule has 6 nitrogen and oxygen atoms in total. The lowest BCUT2D eigenvalue weighted by Gasteiger charge is -2.25. The second kappa shape index (κ2) is 5.85. The highest BCUT2D eigenvalue weighted by atomic mass is 32.2. The number of rotatable bonds is 4. The quantitative estimate of drug-likeness (QED) is 0.736. The maximum atomic E-state index is 12.0. The summed E-state index contributed by atoms with van der Waals surface area (Å²) in [7, 11) is -3.76. The molecule has 0 aliphatic heterocycles. The van der Waals surface area contributed by atoms with E-state index >= 15 is 0 Å². The van der Waals surface area contributed by atoms with Crippen LogP contribution in [0.3, 0.4) is 0 Å². The zero-order valence-electron chi connectivity index (χ0n) is 10.5. The first-order chi connectivity index (χ1) is 8.99. The zero-order valence-corrected chi connectivity index (χ0v) is 11.3. The van der Waals surface area contributed by atoms with Crippen molar-refractivity contribution in [2.75, 3.05) is 6.54 Å². The third kappa shape index (κ3) is 3.65. The predicted molar refractivity (Wildman–Crippen MR) is 70.2 cm³/mol. The van der Waals surface area contributed by atoms with E-state index in [1.807, 2.05) is 0 Å². The molecule has 19 heavy (non-hydrogen) atoms. The standard InChI is InChI=1S/C12H18N2O4S/c15-10-3-1-9(2-4-10)7-14-19(17,18)12-8-13-6-5-11(12)16/h5-6,8-10,14-15H,1-4,7H2,(H,13,16). The van der Waals surface area contributed by atoms with Crippen molar-refractivity contribution in [3.63, 3.8) is 0 Å². The van der Waals surface area contributed by atoms with Gasteiger partial charge in [-0.1, -0.05) is 0 Å². The summed E-state index contributed by atoms with van der Waals surface area (Å²) in [6.07, 6.45) is 5.34. The Labute approximate surface area is 111 Å². The number of aliphatic hydroxyl groups is 1. The second-order valence-electron chi connectivity index (χ2n) is 4.90. The van der Waals surface area contributed by atoms with Gasteiger partial charge in [-0.2, -0.15) is 0 Å². The number of nitrogens with one attached hydrogen (secondary N) is 2. The van der Waals surface area contributed by atoms with Crippen molar-refractivity contribution in [3.8, 4) is 0 Å². The van der Waals surface area contributed by atoms with E-state index in [-0.39, 0.29) is 16.9 Å². The number of H-pyrrole nitrogens is 1. The van der Waals surface area contributed by atoms with Crippen LogP contribution in [0, 0.1) is 5.92 Å². The van der Waals surface area contributed by atoms with Crippen molar-refractivity contribution >= 4 is 10.0 Å². The highest BCUT2D eigenvalue weighted by molar-refractivity contribution is 7.89. The molecule has 1 aromatic rings. The molecule has 0 saturated heterocycles. The predicted octanol–water partition coefficient (Wildman–Crippen LogP) is 0.204. The third-order valence-corrected chi connectivity index (χ3v) is 4.90. The lowest BCUT2D eigenvalue weighted by molar-refractivity contribution is 0.109. The average Bonchev–Trinajstić information content (AvgIpc) is 2.38. The van der Waals surface area contributed by atoms with Gasteiger partial charge in [0.2, 0.25) is 15.5 Å². The Hall–Kier alpha value is -1.18. The first-order valence-corrected chi connectivity index (χ1v) is 7.82. The molecule has 1 saturated carbocycles. The van der Waals surface area contributed by atoms with E-state index in [0.29, 0.717) is 19.4 Å². The molecule has 1 aromatic heterocycles. The smallest absolute Gasteiger partial charge is 0.245 e. The molecule has 106 valence electrons. The Balaban J connectivity index is 1.99. The minimum atomic E-state index is -3.76. The molecule has 0 radical (unpaired) electrons. The lowest BCUT2D eigenvalue weighted by Crippen LogP contribution is -2.34. The number of pyridine rings is 1. The number of hydrogen-bond donors (Lipinski definition) is 3. The monoisotopic (exact) mass is 286 g/mol. The van der Waals surface area contributed by atoms with Gasteiger partial charge < -0.3 is 10.1 Å². The van der Waals surface area contributed by atoms with Crippen LogP contribution in [0.2, 0.25) is 0 Å². The van der Waals surface area contributed by atoms with Crippen LogP contribution in [0.4, 0.5) is 0 Å². The minimum absolute atomic E-state index is 0.223. The van der Waals surface area contributed by atoms with Crippen LogP contribution in [0.5, 0.6) is 0 Å². The number of aliphatic hydroxyl groups excluding tert-OH is 1. The van der Waals surface area contributed by atoms with Crippen LogP contribution in [0.1, 0.15) is 25.7 Å². The highest BCUT2D eigenvalue weighted by Crippen LogP contribution is 2.23. The fourth-order valence-corrected chi connectivity index (χ4v) is 3.43. The summed E-state index contributed by atoms with van der Waals surface area (Å²) < 4.78 is 26.4. The highest BCUT2D eigenvalue weighted by Gasteiger charge is 2.23. The molecule has 0 aromatic carbocycles.